The van der Waals surface area contributed by atoms with Crippen LogP contribution in [0.25, 0.3) is 16.4 Å². The number of rotatable bonds is 13. The lowest BCUT2D eigenvalue weighted by atomic mass is 10.2. The number of benzene rings is 1. The molecule has 0 aliphatic carbocycles. The van der Waals surface area contributed by atoms with Crippen molar-refractivity contribution < 1.29 is 37.2 Å². The first-order valence-electron chi connectivity index (χ1n) is 13.1. The van der Waals surface area contributed by atoms with Gasteiger partial charge in [0.15, 0.2) is 11.6 Å². The van der Waals surface area contributed by atoms with Crippen LogP contribution < -0.4 is 14.6 Å². The summed E-state index contributed by atoms with van der Waals surface area (Å²) in [7, 11) is -2.21. The lowest BCUT2D eigenvalue weighted by Gasteiger charge is -2.25. The number of fused-ring (bicyclic) bond motifs is 2. The molecular weight excluding hydrogens is 556 g/mol. The van der Waals surface area contributed by atoms with Crippen LogP contribution in [0.4, 0.5) is 4.39 Å². The van der Waals surface area contributed by atoms with E-state index < -0.39 is 31.5 Å². The van der Waals surface area contributed by atoms with Crippen LogP contribution >= 0.6 is 7.52 Å². The van der Waals surface area contributed by atoms with Crippen LogP contribution in [0.5, 0.6) is 17.4 Å². The smallest absolute Gasteiger partial charge is 0.323 e. The van der Waals surface area contributed by atoms with Gasteiger partial charge in [0.05, 0.1) is 18.4 Å². The maximum atomic E-state index is 15.2. The van der Waals surface area contributed by atoms with Crippen LogP contribution in [0.2, 0.25) is 0 Å². The fraction of sp³-hybridized carbons (Fsp3) is 0.444. The molecule has 0 fully saturated rings. The second-order valence-electron chi connectivity index (χ2n) is 10.0. The van der Waals surface area contributed by atoms with E-state index >= 15 is 4.39 Å². The highest BCUT2D eigenvalue weighted by Gasteiger charge is 2.31. The van der Waals surface area contributed by atoms with Crippen molar-refractivity contribution in [2.75, 3.05) is 20.1 Å². The van der Waals surface area contributed by atoms with E-state index in [-0.39, 0.29) is 30.7 Å². The number of aryl methyl sites for hydroxylation is 2. The van der Waals surface area contributed by atoms with Crippen LogP contribution in [0.15, 0.2) is 30.7 Å². The molecule has 4 aromatic rings. The van der Waals surface area contributed by atoms with Gasteiger partial charge in [-0.25, -0.2) is 14.0 Å². The van der Waals surface area contributed by atoms with E-state index in [1.54, 1.807) is 46.0 Å². The average Bonchev–Trinajstić information content (AvgIpc) is 3.43. The second-order valence-corrected chi connectivity index (χ2v) is 12.1. The standard InChI is InChI=1S/C27H35FN5O7P/c1-15(2)38-27(34)19(6)32-41(35,14-36-7)40-17(4)12-37-23-11-33-25(18(23)5)26(29-13-30-33)39-22-9-8-21-20(24(22)28)10-16(3)31-21/h8-11,13,15,17,19,31H,12,14H2,1-7H3,(H,32,35)/t17-,19-,41?/m0/s1. The van der Waals surface area contributed by atoms with Crippen molar-refractivity contribution >= 4 is 29.9 Å². The van der Waals surface area contributed by atoms with Crippen molar-refractivity contribution in [3.63, 3.8) is 0 Å². The van der Waals surface area contributed by atoms with E-state index in [0.717, 1.165) is 5.69 Å². The van der Waals surface area contributed by atoms with Gasteiger partial charge in [-0.05, 0) is 59.7 Å². The third-order valence-corrected chi connectivity index (χ3v) is 8.09. The van der Waals surface area contributed by atoms with Gasteiger partial charge >= 0.3 is 5.97 Å². The molecule has 14 heteroatoms. The van der Waals surface area contributed by atoms with Crippen molar-refractivity contribution in [2.24, 2.45) is 0 Å². The molecule has 1 unspecified atom stereocenters. The van der Waals surface area contributed by atoms with E-state index in [0.29, 0.717) is 27.7 Å². The summed E-state index contributed by atoms with van der Waals surface area (Å²) in [5.74, 6) is -0.432. The number of carbonyl (C=O) groups is 1. The molecule has 2 N–H and O–H groups in total. The maximum absolute atomic E-state index is 15.2. The van der Waals surface area contributed by atoms with Crippen LogP contribution in [0.3, 0.4) is 0 Å². The van der Waals surface area contributed by atoms with Crippen LogP contribution in [0, 0.1) is 19.7 Å². The highest BCUT2D eigenvalue weighted by Crippen LogP contribution is 2.44. The Labute approximate surface area is 237 Å². The molecule has 0 saturated carbocycles. The number of hydrogen-bond donors (Lipinski definition) is 2. The summed E-state index contributed by atoms with van der Waals surface area (Å²) in [5, 5.41) is 7.36. The monoisotopic (exact) mass is 591 g/mol. The van der Waals surface area contributed by atoms with Gasteiger partial charge in [0.2, 0.25) is 5.88 Å². The number of methoxy groups -OCH3 is 1. The van der Waals surface area contributed by atoms with Crippen molar-refractivity contribution in [1.29, 1.82) is 0 Å². The van der Waals surface area contributed by atoms with Crippen LogP contribution in [0.1, 0.15) is 39.0 Å². The van der Waals surface area contributed by atoms with Gasteiger partial charge < -0.3 is 28.5 Å². The number of nitrogens with one attached hydrogen (secondary N) is 2. The summed E-state index contributed by atoms with van der Waals surface area (Å²) in [6.07, 6.45) is 1.70. The van der Waals surface area contributed by atoms with Gasteiger partial charge in [0.1, 0.15) is 36.6 Å². The molecule has 12 nitrogen and oxygen atoms in total. The van der Waals surface area contributed by atoms with Gasteiger partial charge in [-0.1, -0.05) is 0 Å². The Morgan fingerprint density at radius 2 is 1.95 bits per heavy atom. The number of aromatic nitrogens is 4. The van der Waals surface area contributed by atoms with Crippen molar-refractivity contribution in [3.05, 3.63) is 47.8 Å². The molecular formula is C27H35FN5O7P. The molecule has 1 aromatic carbocycles. The first-order valence-corrected chi connectivity index (χ1v) is 14.9. The number of carbonyl (C=O) groups excluding carboxylic acids is 1. The SMILES string of the molecule is COCP(=O)(N[C@@H](C)C(=O)OC(C)C)O[C@@H](C)COc1cn2ncnc(Oc3ccc4[nH]c(C)cc4c3F)c2c1C. The maximum Gasteiger partial charge on any atom is 0.323 e. The summed E-state index contributed by atoms with van der Waals surface area (Å²) in [6.45, 7) is 10.3. The number of ether oxygens (including phenoxy) is 4. The molecule has 0 aliphatic heterocycles. The molecule has 4 rings (SSSR count). The molecule has 0 aliphatic rings. The topological polar surface area (TPSA) is 138 Å². The second kappa shape index (κ2) is 12.6. The molecule has 3 heterocycles. The summed E-state index contributed by atoms with van der Waals surface area (Å²) >= 11 is 0. The number of esters is 1. The fourth-order valence-corrected chi connectivity index (χ4v) is 6.15. The Morgan fingerprint density at radius 1 is 1.20 bits per heavy atom. The van der Waals surface area contributed by atoms with Gasteiger partial charge in [-0.15, -0.1) is 0 Å². The minimum absolute atomic E-state index is 0.0136. The van der Waals surface area contributed by atoms with E-state index in [9.17, 15) is 9.36 Å². The summed E-state index contributed by atoms with van der Waals surface area (Å²) < 4.78 is 58.0. The molecule has 3 aromatic heterocycles. The first kappa shape index (κ1) is 30.4. The lowest BCUT2D eigenvalue weighted by molar-refractivity contribution is -0.149. The summed E-state index contributed by atoms with van der Waals surface area (Å²) in [6, 6.07) is 4.11. The Bertz CT molecular complexity index is 1590. The first-order chi connectivity index (χ1) is 19.4. The predicted octanol–water partition coefficient (Wildman–Crippen LogP) is 5.27. The van der Waals surface area contributed by atoms with Gasteiger partial charge in [0.25, 0.3) is 7.52 Å². The average molecular weight is 592 g/mol. The molecule has 0 saturated heterocycles. The highest BCUT2D eigenvalue weighted by molar-refractivity contribution is 7.56. The number of nitrogens with zero attached hydrogens (tertiary/aromatic N) is 3. The Morgan fingerprint density at radius 3 is 2.66 bits per heavy atom. The third-order valence-electron chi connectivity index (χ3n) is 6.01. The normalized spacial score (nSPS) is 14.8. The van der Waals surface area contributed by atoms with E-state index in [1.165, 1.54) is 30.9 Å². The Kier molecular flexibility index (Phi) is 9.33. The fourth-order valence-electron chi connectivity index (χ4n) is 4.28. The minimum Gasteiger partial charge on any atom is -0.489 e. The van der Waals surface area contributed by atoms with Gasteiger partial charge in [-0.2, -0.15) is 10.1 Å². The lowest BCUT2D eigenvalue weighted by Crippen LogP contribution is -2.37. The highest BCUT2D eigenvalue weighted by atomic mass is 31.2. The van der Waals surface area contributed by atoms with Crippen molar-refractivity contribution in [3.8, 4) is 17.4 Å². The van der Waals surface area contributed by atoms with Gasteiger partial charge in [-0.3, -0.25) is 9.36 Å². The Hall–Kier alpha value is -3.51. The third kappa shape index (κ3) is 7.05. The van der Waals surface area contributed by atoms with E-state index in [2.05, 4.69) is 20.2 Å². The minimum atomic E-state index is -3.60. The molecule has 3 atom stereocenters. The largest absolute Gasteiger partial charge is 0.489 e. The Balaban J connectivity index is 1.47. The molecule has 41 heavy (non-hydrogen) atoms. The molecule has 0 spiro atoms. The van der Waals surface area contributed by atoms with E-state index in [1.807, 2.05) is 6.92 Å². The quantitative estimate of drug-likeness (QED) is 0.156. The molecule has 0 bridgehead atoms. The van der Waals surface area contributed by atoms with E-state index in [4.69, 9.17) is 23.5 Å². The van der Waals surface area contributed by atoms with Crippen molar-refractivity contribution in [2.45, 2.75) is 59.8 Å². The molecule has 222 valence electrons. The number of hydrogen-bond acceptors (Lipinski definition) is 9. The number of aromatic amines is 1. The molecule has 0 amide bonds. The predicted molar refractivity (Wildman–Crippen MR) is 150 cm³/mol. The van der Waals surface area contributed by atoms with Crippen molar-refractivity contribution in [1.82, 2.24) is 24.7 Å². The summed E-state index contributed by atoms with van der Waals surface area (Å²) in [4.78, 5) is 19.5. The van der Waals surface area contributed by atoms with Gasteiger partial charge in [0, 0.05) is 29.3 Å². The molecule has 0 radical (unpaired) electrons. The zero-order chi connectivity index (χ0) is 29.9. The number of halogens is 1. The summed E-state index contributed by atoms with van der Waals surface area (Å²) in [5.41, 5.74) is 2.64. The zero-order valence-corrected chi connectivity index (χ0v) is 25.0. The van der Waals surface area contributed by atoms with Crippen LogP contribution in [-0.4, -0.2) is 63.9 Å². The zero-order valence-electron chi connectivity index (χ0n) is 24.1. The number of H-pyrrole nitrogens is 1. The van der Waals surface area contributed by atoms with Crippen LogP contribution in [-0.2, 0) is 23.4 Å².